The number of benzene rings is 2. The molecule has 0 spiro atoms. The van der Waals surface area contributed by atoms with Gasteiger partial charge >= 0.3 is 0 Å². The number of carbonyl (C=O) groups is 9. The van der Waals surface area contributed by atoms with Gasteiger partial charge in [0.1, 0.15) is 36.3 Å². The molecule has 1 aliphatic rings. The van der Waals surface area contributed by atoms with E-state index in [1.165, 1.54) is 6.92 Å². The number of nitrogens with zero attached hydrogens (tertiary/aromatic N) is 1. The molecule has 9 amide bonds. The summed E-state index contributed by atoms with van der Waals surface area (Å²) in [5.41, 5.74) is 24.6. The zero-order chi connectivity index (χ0) is 48.9. The number of guanidine groups is 1. The molecule has 23 heteroatoms. The summed E-state index contributed by atoms with van der Waals surface area (Å²) in [6.07, 6.45) is 1.50. The molecule has 1 aromatic heterocycles. The van der Waals surface area contributed by atoms with Gasteiger partial charge in [0.15, 0.2) is 5.96 Å². The smallest absolute Gasteiger partial charge is 0.243 e. The summed E-state index contributed by atoms with van der Waals surface area (Å²) in [6, 6.07) is 7.81. The van der Waals surface area contributed by atoms with Crippen molar-refractivity contribution in [3.8, 4) is 0 Å². The van der Waals surface area contributed by atoms with Gasteiger partial charge in [0.25, 0.3) is 0 Å². The van der Waals surface area contributed by atoms with Crippen molar-refractivity contribution in [2.24, 2.45) is 27.9 Å². The SMILES string of the molecule is CC(=O)NCC(=O)NC1CCCCNC(=O)CC(C(N)=O)NC(=O)[C@H](Cc2c[nH]c3ccccc23)NC(=O)[C@H](CCCN=C(N)N)NC(=O)C(Cc2ccccc2)NC(=O)[C@H](CCN)NC1=O. The summed E-state index contributed by atoms with van der Waals surface area (Å²) in [7, 11) is 0. The molecular formula is C44H62N14O9. The molecule has 2 aromatic carbocycles. The molecule has 0 radical (unpaired) electrons. The van der Waals surface area contributed by atoms with E-state index in [1.807, 2.05) is 18.2 Å². The van der Waals surface area contributed by atoms with Crippen LogP contribution in [0.1, 0.15) is 63.0 Å². The van der Waals surface area contributed by atoms with Gasteiger partial charge in [-0.15, -0.1) is 0 Å². The van der Waals surface area contributed by atoms with Crippen molar-refractivity contribution in [1.29, 1.82) is 0 Å². The van der Waals surface area contributed by atoms with Crippen LogP contribution in [0.4, 0.5) is 0 Å². The summed E-state index contributed by atoms with van der Waals surface area (Å²) < 4.78 is 0. The predicted octanol–water partition coefficient (Wildman–Crippen LogP) is -3.42. The topological polar surface area (TPSA) is 382 Å². The summed E-state index contributed by atoms with van der Waals surface area (Å²) in [5, 5.41) is 21.6. The van der Waals surface area contributed by atoms with Gasteiger partial charge in [0, 0.05) is 50.0 Å². The average Bonchev–Trinajstić information content (AvgIpc) is 3.70. The van der Waals surface area contributed by atoms with E-state index in [4.69, 9.17) is 22.9 Å². The number of para-hydroxylation sites is 1. The van der Waals surface area contributed by atoms with Crippen LogP contribution in [0.25, 0.3) is 10.9 Å². The molecule has 17 N–H and O–H groups in total. The Morgan fingerprint density at radius 2 is 1.34 bits per heavy atom. The Labute approximate surface area is 386 Å². The standard InChI is InChI=1S/C44H62N14O9/c1-25(59)51-24-37(61)53-30-14-7-8-18-49-36(60)22-33(38(46)62)56-43(67)35(21-27-23-52-29-13-6-5-12-28(27)29)58-40(64)31(15-9-19-50-44(47)48)54-42(66)34(20-26-10-3-2-4-11-26)57-41(65)32(16-17-45)55-39(30)63/h2-6,10-13,23,30-35,52H,7-9,14-22,24,45H2,1H3,(H2,46,62)(H,49,60)(H,51,59)(H,53,61)(H,54,66)(H,55,63)(H,56,67)(H,57,65)(H,58,64)(H4,47,48,50)/t30?,31-,32-,33?,34?,35-/m0/s1. The first kappa shape index (κ1) is 52.1. The molecule has 0 aliphatic carbocycles. The van der Waals surface area contributed by atoms with Gasteiger partial charge in [-0.05, 0) is 62.3 Å². The van der Waals surface area contributed by atoms with Crippen LogP contribution in [0.5, 0.6) is 0 Å². The lowest BCUT2D eigenvalue weighted by Crippen LogP contribution is -2.60. The van der Waals surface area contributed by atoms with Crippen LogP contribution in [0, 0.1) is 0 Å². The first-order chi connectivity index (χ1) is 32.0. The Bertz CT molecular complexity index is 2250. The van der Waals surface area contributed by atoms with Gasteiger partial charge < -0.3 is 70.5 Å². The maximum absolute atomic E-state index is 14.4. The Morgan fingerprint density at radius 3 is 2.01 bits per heavy atom. The quantitative estimate of drug-likeness (QED) is 0.0427. The molecular weight excluding hydrogens is 869 g/mol. The van der Waals surface area contributed by atoms with Crippen LogP contribution in [0.3, 0.4) is 0 Å². The minimum Gasteiger partial charge on any atom is -0.370 e. The lowest BCUT2D eigenvalue weighted by molar-refractivity contribution is -0.135. The molecule has 1 aliphatic heterocycles. The number of aromatic nitrogens is 1. The first-order valence-corrected chi connectivity index (χ1v) is 22.0. The number of hydrogen-bond donors (Lipinski definition) is 13. The van der Waals surface area contributed by atoms with E-state index in [0.29, 0.717) is 11.1 Å². The third-order valence-electron chi connectivity index (χ3n) is 10.8. The van der Waals surface area contributed by atoms with Crippen molar-refractivity contribution < 1.29 is 43.2 Å². The van der Waals surface area contributed by atoms with E-state index in [9.17, 15) is 43.2 Å². The van der Waals surface area contributed by atoms with Crippen molar-refractivity contribution in [3.63, 3.8) is 0 Å². The maximum Gasteiger partial charge on any atom is 0.243 e. The second kappa shape index (κ2) is 26.4. The lowest BCUT2D eigenvalue weighted by atomic mass is 10.0. The molecule has 6 atom stereocenters. The van der Waals surface area contributed by atoms with Gasteiger partial charge in [-0.1, -0.05) is 48.5 Å². The Balaban J connectivity index is 1.75. The molecule has 1 saturated heterocycles. The van der Waals surface area contributed by atoms with Crippen LogP contribution < -0.4 is 65.5 Å². The van der Waals surface area contributed by atoms with Crippen molar-refractivity contribution in [2.45, 2.75) is 101 Å². The molecule has 3 unspecified atom stereocenters. The number of carbonyl (C=O) groups excluding carboxylic acids is 9. The van der Waals surface area contributed by atoms with E-state index in [0.717, 1.165) is 10.9 Å². The number of H-pyrrole nitrogens is 1. The zero-order valence-electron chi connectivity index (χ0n) is 37.4. The van der Waals surface area contributed by atoms with E-state index in [-0.39, 0.29) is 77.0 Å². The average molecular weight is 931 g/mol. The third kappa shape index (κ3) is 17.4. The number of hydrogen-bond acceptors (Lipinski definition) is 11. The molecule has 0 saturated carbocycles. The normalized spacial score (nSPS) is 21.8. The summed E-state index contributed by atoms with van der Waals surface area (Å²) >= 11 is 0. The Hall–Kier alpha value is -7.56. The van der Waals surface area contributed by atoms with Gasteiger partial charge in [-0.2, -0.15) is 0 Å². The summed E-state index contributed by atoms with van der Waals surface area (Å²) in [6.45, 7) is 0.816. The molecule has 23 nitrogen and oxygen atoms in total. The fraction of sp³-hybridized carbons (Fsp3) is 0.455. The predicted molar refractivity (Wildman–Crippen MR) is 247 cm³/mol. The number of aliphatic imine (C=N–C) groups is 1. The lowest BCUT2D eigenvalue weighted by Gasteiger charge is -2.27. The summed E-state index contributed by atoms with van der Waals surface area (Å²) in [5.74, 6) is -7.12. The van der Waals surface area contributed by atoms with E-state index < -0.39 is 102 Å². The molecule has 0 bridgehead atoms. The maximum atomic E-state index is 14.4. The number of rotatable bonds is 14. The minimum absolute atomic E-state index is 0.0207. The van der Waals surface area contributed by atoms with Gasteiger partial charge in [0.05, 0.1) is 13.0 Å². The number of nitrogens with two attached hydrogens (primary N) is 4. The minimum atomic E-state index is -1.51. The van der Waals surface area contributed by atoms with Crippen molar-refractivity contribution in [2.75, 3.05) is 26.2 Å². The van der Waals surface area contributed by atoms with Crippen molar-refractivity contribution in [1.82, 2.24) is 47.5 Å². The van der Waals surface area contributed by atoms with Crippen LogP contribution in [-0.2, 0) is 56.0 Å². The number of nitrogens with one attached hydrogen (secondary N) is 9. The van der Waals surface area contributed by atoms with E-state index in [2.05, 4.69) is 52.5 Å². The van der Waals surface area contributed by atoms with Gasteiger partial charge in [-0.3, -0.25) is 48.1 Å². The van der Waals surface area contributed by atoms with Gasteiger partial charge in [0.2, 0.25) is 53.2 Å². The number of fused-ring (bicyclic) bond motifs is 1. The fourth-order valence-electron chi connectivity index (χ4n) is 7.26. The highest BCUT2D eigenvalue weighted by molar-refractivity contribution is 5.98. The fourth-order valence-corrected chi connectivity index (χ4v) is 7.26. The van der Waals surface area contributed by atoms with Crippen molar-refractivity contribution in [3.05, 3.63) is 71.9 Å². The summed E-state index contributed by atoms with van der Waals surface area (Å²) in [4.78, 5) is 128. The van der Waals surface area contributed by atoms with E-state index in [1.54, 1.807) is 42.6 Å². The highest BCUT2D eigenvalue weighted by atomic mass is 16.2. The monoisotopic (exact) mass is 930 g/mol. The highest BCUT2D eigenvalue weighted by Crippen LogP contribution is 2.20. The van der Waals surface area contributed by atoms with Crippen LogP contribution in [0.2, 0.25) is 0 Å². The molecule has 3 aromatic rings. The third-order valence-corrected chi connectivity index (χ3v) is 10.8. The highest BCUT2D eigenvalue weighted by Gasteiger charge is 2.34. The molecule has 1 fully saturated rings. The van der Waals surface area contributed by atoms with Crippen LogP contribution in [0.15, 0.2) is 65.8 Å². The second-order valence-electron chi connectivity index (χ2n) is 16.1. The number of aromatic amines is 1. The zero-order valence-corrected chi connectivity index (χ0v) is 37.4. The molecule has 2 heterocycles. The number of amides is 9. The van der Waals surface area contributed by atoms with Crippen LogP contribution in [-0.4, -0.2) is 127 Å². The van der Waals surface area contributed by atoms with Crippen molar-refractivity contribution >= 4 is 70.0 Å². The Morgan fingerprint density at radius 1 is 0.731 bits per heavy atom. The van der Waals surface area contributed by atoms with Gasteiger partial charge in [-0.25, -0.2) is 0 Å². The van der Waals surface area contributed by atoms with Crippen LogP contribution >= 0.6 is 0 Å². The molecule has 4 rings (SSSR count). The first-order valence-electron chi connectivity index (χ1n) is 22.0. The molecule has 67 heavy (non-hydrogen) atoms. The Kier molecular flexibility index (Phi) is 20.5. The second-order valence-corrected chi connectivity index (χ2v) is 16.1. The number of primary amides is 1. The molecule has 362 valence electrons. The largest absolute Gasteiger partial charge is 0.370 e. The van der Waals surface area contributed by atoms with E-state index >= 15 is 0 Å².